The molecule has 0 radical (unpaired) electrons. The molecule has 2 fully saturated rings. The number of nitrogens with zero attached hydrogens (tertiary/aromatic N) is 1. The summed E-state index contributed by atoms with van der Waals surface area (Å²) in [6.07, 6.45) is 3.77. The maximum absolute atomic E-state index is 12.0. The molecule has 2 bridgehead atoms. The lowest BCUT2D eigenvalue weighted by Gasteiger charge is -2.25. The van der Waals surface area contributed by atoms with Crippen molar-refractivity contribution in [2.45, 2.75) is 58.2 Å². The Labute approximate surface area is 110 Å². The molecule has 2 aliphatic heterocycles. The molecule has 4 heteroatoms. The molecule has 2 rings (SSSR count). The summed E-state index contributed by atoms with van der Waals surface area (Å²) in [7, 11) is 0. The molecule has 104 valence electrons. The number of hydrogen-bond acceptors (Lipinski definition) is 3. The Bertz CT molecular complexity index is 293. The van der Waals surface area contributed by atoms with E-state index in [1.54, 1.807) is 0 Å². The Balaban J connectivity index is 1.77. The molecule has 2 heterocycles. The number of fused-ring (bicyclic) bond motifs is 2. The van der Waals surface area contributed by atoms with E-state index < -0.39 is 0 Å². The van der Waals surface area contributed by atoms with Crippen LogP contribution >= 0.6 is 0 Å². The minimum atomic E-state index is 0.175. The van der Waals surface area contributed by atoms with Gasteiger partial charge in [-0.05, 0) is 32.1 Å². The lowest BCUT2D eigenvalue weighted by Crippen LogP contribution is -2.45. The smallest absolute Gasteiger partial charge is 0.234 e. The lowest BCUT2D eigenvalue weighted by molar-refractivity contribution is -0.123. The van der Waals surface area contributed by atoms with Crippen molar-refractivity contribution in [1.82, 2.24) is 15.5 Å². The molecule has 0 aromatic heterocycles. The number of hydrogen-bond donors (Lipinski definition) is 2. The fourth-order valence-corrected chi connectivity index (χ4v) is 2.83. The van der Waals surface area contributed by atoms with Gasteiger partial charge in [-0.3, -0.25) is 9.69 Å². The number of nitrogens with one attached hydrogen (secondary N) is 2. The highest BCUT2D eigenvalue weighted by atomic mass is 16.2. The van der Waals surface area contributed by atoms with Crippen LogP contribution in [-0.4, -0.2) is 48.6 Å². The monoisotopic (exact) mass is 253 g/mol. The largest absolute Gasteiger partial charge is 0.352 e. The standard InChI is InChI=1S/C14H27N3O/c1-10(2)11(3)15-14(18)9-17-7-6-12-4-5-13(8-17)16-12/h10-13,16H,4-9H2,1-3H3,(H,15,18). The van der Waals surface area contributed by atoms with Crippen molar-refractivity contribution in [3.05, 3.63) is 0 Å². The first-order valence-electron chi connectivity index (χ1n) is 7.32. The number of rotatable bonds is 4. The highest BCUT2D eigenvalue weighted by molar-refractivity contribution is 5.78. The van der Waals surface area contributed by atoms with E-state index in [2.05, 4.69) is 36.3 Å². The molecule has 2 aliphatic rings. The summed E-state index contributed by atoms with van der Waals surface area (Å²) in [5, 5.41) is 6.73. The Morgan fingerprint density at radius 1 is 1.28 bits per heavy atom. The SMILES string of the molecule is CC(C)C(C)NC(=O)CN1CCC2CCC(C1)N2. The van der Waals surface area contributed by atoms with Gasteiger partial charge in [-0.1, -0.05) is 13.8 Å². The van der Waals surface area contributed by atoms with Crippen molar-refractivity contribution < 1.29 is 4.79 Å². The summed E-state index contributed by atoms with van der Waals surface area (Å²) < 4.78 is 0. The third-order valence-electron chi connectivity index (χ3n) is 4.36. The summed E-state index contributed by atoms with van der Waals surface area (Å²) >= 11 is 0. The zero-order chi connectivity index (χ0) is 13.1. The van der Waals surface area contributed by atoms with Crippen molar-refractivity contribution >= 4 is 5.91 Å². The summed E-state index contributed by atoms with van der Waals surface area (Å²) in [5.41, 5.74) is 0. The van der Waals surface area contributed by atoms with Gasteiger partial charge in [0.05, 0.1) is 6.54 Å². The average Bonchev–Trinajstić information content (AvgIpc) is 2.62. The van der Waals surface area contributed by atoms with Crippen LogP contribution in [0.15, 0.2) is 0 Å². The molecule has 1 amide bonds. The van der Waals surface area contributed by atoms with Crippen LogP contribution in [0.3, 0.4) is 0 Å². The molecule has 0 saturated carbocycles. The molecule has 0 aromatic carbocycles. The first-order chi connectivity index (χ1) is 8.54. The summed E-state index contributed by atoms with van der Waals surface area (Å²) in [4.78, 5) is 14.3. The van der Waals surface area contributed by atoms with Crippen molar-refractivity contribution in [2.24, 2.45) is 5.92 Å². The minimum Gasteiger partial charge on any atom is -0.352 e. The van der Waals surface area contributed by atoms with Gasteiger partial charge < -0.3 is 10.6 Å². The first-order valence-corrected chi connectivity index (χ1v) is 7.32. The summed E-state index contributed by atoms with van der Waals surface area (Å²) in [6, 6.07) is 1.56. The van der Waals surface area contributed by atoms with E-state index in [1.807, 2.05) is 0 Å². The third kappa shape index (κ3) is 3.69. The van der Waals surface area contributed by atoms with Crippen molar-refractivity contribution in [2.75, 3.05) is 19.6 Å². The lowest BCUT2D eigenvalue weighted by atomic mass is 10.1. The minimum absolute atomic E-state index is 0.175. The summed E-state index contributed by atoms with van der Waals surface area (Å²) in [6.45, 7) is 8.99. The molecule has 3 atom stereocenters. The van der Waals surface area contributed by atoms with Crippen LogP contribution in [0.1, 0.15) is 40.0 Å². The normalized spacial score (nSPS) is 30.2. The van der Waals surface area contributed by atoms with Gasteiger partial charge in [-0.15, -0.1) is 0 Å². The molecular formula is C14H27N3O. The van der Waals surface area contributed by atoms with E-state index in [-0.39, 0.29) is 11.9 Å². The van der Waals surface area contributed by atoms with E-state index in [9.17, 15) is 4.79 Å². The van der Waals surface area contributed by atoms with Crippen LogP contribution < -0.4 is 10.6 Å². The predicted molar refractivity (Wildman–Crippen MR) is 73.4 cm³/mol. The predicted octanol–water partition coefficient (Wildman–Crippen LogP) is 0.973. The fourth-order valence-electron chi connectivity index (χ4n) is 2.83. The van der Waals surface area contributed by atoms with Crippen molar-refractivity contribution in [3.63, 3.8) is 0 Å². The molecule has 2 N–H and O–H groups in total. The van der Waals surface area contributed by atoms with Gasteiger partial charge in [0.2, 0.25) is 5.91 Å². The van der Waals surface area contributed by atoms with Crippen LogP contribution in [0.4, 0.5) is 0 Å². The highest BCUT2D eigenvalue weighted by Gasteiger charge is 2.29. The van der Waals surface area contributed by atoms with Crippen LogP contribution in [0.25, 0.3) is 0 Å². The molecule has 18 heavy (non-hydrogen) atoms. The van der Waals surface area contributed by atoms with Crippen LogP contribution in [-0.2, 0) is 4.79 Å². The van der Waals surface area contributed by atoms with E-state index in [4.69, 9.17) is 0 Å². The molecular weight excluding hydrogens is 226 g/mol. The van der Waals surface area contributed by atoms with Crippen molar-refractivity contribution in [3.8, 4) is 0 Å². The van der Waals surface area contributed by atoms with Crippen LogP contribution in [0.2, 0.25) is 0 Å². The Kier molecular flexibility index (Phi) is 4.62. The van der Waals surface area contributed by atoms with Crippen molar-refractivity contribution in [1.29, 1.82) is 0 Å². The zero-order valence-electron chi connectivity index (χ0n) is 11.9. The van der Waals surface area contributed by atoms with Gasteiger partial charge in [-0.25, -0.2) is 0 Å². The van der Waals surface area contributed by atoms with Gasteiger partial charge in [-0.2, -0.15) is 0 Å². The van der Waals surface area contributed by atoms with Gasteiger partial charge in [0.15, 0.2) is 0 Å². The summed E-state index contributed by atoms with van der Waals surface area (Å²) in [5.74, 6) is 0.671. The Morgan fingerprint density at radius 3 is 2.72 bits per heavy atom. The van der Waals surface area contributed by atoms with Gasteiger partial charge in [0, 0.05) is 31.2 Å². The molecule has 0 spiro atoms. The fraction of sp³-hybridized carbons (Fsp3) is 0.929. The van der Waals surface area contributed by atoms with E-state index in [0.717, 1.165) is 13.1 Å². The van der Waals surface area contributed by atoms with E-state index in [1.165, 1.54) is 19.3 Å². The Hall–Kier alpha value is -0.610. The molecule has 2 saturated heterocycles. The van der Waals surface area contributed by atoms with Gasteiger partial charge >= 0.3 is 0 Å². The highest BCUT2D eigenvalue weighted by Crippen LogP contribution is 2.20. The number of carbonyl (C=O) groups excluding carboxylic acids is 1. The number of amides is 1. The number of likely N-dealkylation sites (tertiary alicyclic amines) is 1. The molecule has 0 aromatic rings. The molecule has 0 aliphatic carbocycles. The van der Waals surface area contributed by atoms with Gasteiger partial charge in [0.1, 0.15) is 0 Å². The first kappa shape index (κ1) is 13.8. The maximum Gasteiger partial charge on any atom is 0.234 e. The van der Waals surface area contributed by atoms with E-state index >= 15 is 0 Å². The van der Waals surface area contributed by atoms with E-state index in [0.29, 0.717) is 24.5 Å². The van der Waals surface area contributed by atoms with Gasteiger partial charge in [0.25, 0.3) is 0 Å². The molecule has 3 unspecified atom stereocenters. The topological polar surface area (TPSA) is 44.4 Å². The quantitative estimate of drug-likeness (QED) is 0.785. The third-order valence-corrected chi connectivity index (χ3v) is 4.36. The zero-order valence-corrected chi connectivity index (χ0v) is 11.9. The second-order valence-electron chi connectivity index (χ2n) is 6.26. The average molecular weight is 253 g/mol. The number of carbonyl (C=O) groups is 1. The van der Waals surface area contributed by atoms with Crippen LogP contribution in [0, 0.1) is 5.92 Å². The Morgan fingerprint density at radius 2 is 2.00 bits per heavy atom. The maximum atomic E-state index is 12.0. The van der Waals surface area contributed by atoms with Crippen LogP contribution in [0.5, 0.6) is 0 Å². The second-order valence-corrected chi connectivity index (χ2v) is 6.26. The second kappa shape index (κ2) is 6.02. The molecule has 4 nitrogen and oxygen atoms in total.